The molecule has 1 aromatic rings. The minimum Gasteiger partial charge on any atom is -0.494 e. The molecule has 0 radical (unpaired) electrons. The SMILES string of the molecule is CCCCC(=O)NCC1CC(=O)N(c2ccc(OCC)cc2)C1. The maximum atomic E-state index is 12.2. The standard InChI is InChI=1S/C18H26N2O3/c1-3-5-6-17(21)19-12-14-11-18(22)20(13-14)15-7-9-16(10-8-15)23-4-2/h7-10,14H,3-6,11-13H2,1-2H3,(H,19,21). The molecule has 0 saturated carbocycles. The van der Waals surface area contributed by atoms with Crippen molar-refractivity contribution in [3.63, 3.8) is 0 Å². The third-order valence-corrected chi connectivity index (χ3v) is 4.01. The van der Waals surface area contributed by atoms with Crippen LogP contribution >= 0.6 is 0 Å². The Hall–Kier alpha value is -2.04. The highest BCUT2D eigenvalue weighted by atomic mass is 16.5. The first kappa shape index (κ1) is 17.3. The van der Waals surface area contributed by atoms with Crippen LogP contribution in [0, 0.1) is 5.92 Å². The van der Waals surface area contributed by atoms with Gasteiger partial charge < -0.3 is 15.0 Å². The van der Waals surface area contributed by atoms with E-state index in [0.717, 1.165) is 24.3 Å². The summed E-state index contributed by atoms with van der Waals surface area (Å²) >= 11 is 0. The fraction of sp³-hybridized carbons (Fsp3) is 0.556. The molecule has 1 unspecified atom stereocenters. The van der Waals surface area contributed by atoms with Gasteiger partial charge in [0.2, 0.25) is 11.8 Å². The van der Waals surface area contributed by atoms with Gasteiger partial charge in [0.05, 0.1) is 6.61 Å². The molecule has 1 aromatic carbocycles. The highest BCUT2D eigenvalue weighted by Gasteiger charge is 2.30. The highest BCUT2D eigenvalue weighted by Crippen LogP contribution is 2.26. The number of amides is 2. The fourth-order valence-corrected chi connectivity index (χ4v) is 2.74. The van der Waals surface area contributed by atoms with Crippen LogP contribution in [0.1, 0.15) is 39.5 Å². The molecule has 0 spiro atoms. The predicted molar refractivity (Wildman–Crippen MR) is 90.6 cm³/mol. The lowest BCUT2D eigenvalue weighted by molar-refractivity contribution is -0.121. The first-order valence-electron chi connectivity index (χ1n) is 8.44. The van der Waals surface area contributed by atoms with Gasteiger partial charge in [0, 0.05) is 37.5 Å². The molecule has 1 atom stereocenters. The third-order valence-electron chi connectivity index (χ3n) is 4.01. The summed E-state index contributed by atoms with van der Waals surface area (Å²) in [6.07, 6.45) is 2.98. The second kappa shape index (κ2) is 8.56. The number of hydrogen-bond donors (Lipinski definition) is 1. The Bertz CT molecular complexity index is 528. The lowest BCUT2D eigenvalue weighted by Crippen LogP contribution is -2.31. The van der Waals surface area contributed by atoms with Gasteiger partial charge in [0.25, 0.3) is 0 Å². The van der Waals surface area contributed by atoms with E-state index in [4.69, 9.17) is 4.74 Å². The molecule has 1 heterocycles. The van der Waals surface area contributed by atoms with E-state index in [1.54, 1.807) is 4.90 Å². The summed E-state index contributed by atoms with van der Waals surface area (Å²) < 4.78 is 5.42. The van der Waals surface area contributed by atoms with Crippen molar-refractivity contribution in [2.24, 2.45) is 5.92 Å². The summed E-state index contributed by atoms with van der Waals surface area (Å²) in [5.74, 6) is 1.18. The van der Waals surface area contributed by atoms with E-state index >= 15 is 0 Å². The molecule has 2 amide bonds. The van der Waals surface area contributed by atoms with Crippen LogP contribution in [0.4, 0.5) is 5.69 Å². The second-order valence-corrected chi connectivity index (χ2v) is 5.91. The quantitative estimate of drug-likeness (QED) is 0.802. The summed E-state index contributed by atoms with van der Waals surface area (Å²) in [7, 11) is 0. The molecule has 1 fully saturated rings. The van der Waals surface area contributed by atoms with Crippen LogP contribution in [-0.4, -0.2) is 31.5 Å². The van der Waals surface area contributed by atoms with Crippen molar-refractivity contribution < 1.29 is 14.3 Å². The normalized spacial score (nSPS) is 17.4. The summed E-state index contributed by atoms with van der Waals surface area (Å²) in [6.45, 7) is 5.86. The lowest BCUT2D eigenvalue weighted by atomic mass is 10.1. The van der Waals surface area contributed by atoms with Gasteiger partial charge in [-0.2, -0.15) is 0 Å². The minimum atomic E-state index is 0.0822. The zero-order chi connectivity index (χ0) is 16.7. The topological polar surface area (TPSA) is 58.6 Å². The maximum Gasteiger partial charge on any atom is 0.227 e. The van der Waals surface area contributed by atoms with E-state index in [0.29, 0.717) is 32.5 Å². The molecule has 0 aliphatic carbocycles. The Morgan fingerprint density at radius 3 is 2.70 bits per heavy atom. The van der Waals surface area contributed by atoms with Crippen molar-refractivity contribution in [3.05, 3.63) is 24.3 Å². The number of nitrogens with one attached hydrogen (secondary N) is 1. The van der Waals surface area contributed by atoms with Crippen molar-refractivity contribution >= 4 is 17.5 Å². The first-order chi connectivity index (χ1) is 11.1. The van der Waals surface area contributed by atoms with Gasteiger partial charge in [-0.25, -0.2) is 0 Å². The average Bonchev–Trinajstić information content (AvgIpc) is 2.93. The van der Waals surface area contributed by atoms with Gasteiger partial charge in [-0.05, 0) is 37.6 Å². The van der Waals surface area contributed by atoms with Crippen molar-refractivity contribution in [2.45, 2.75) is 39.5 Å². The summed E-state index contributed by atoms with van der Waals surface area (Å²) in [5, 5.41) is 2.94. The van der Waals surface area contributed by atoms with E-state index in [2.05, 4.69) is 12.2 Å². The molecular formula is C18H26N2O3. The van der Waals surface area contributed by atoms with Gasteiger partial charge in [-0.3, -0.25) is 9.59 Å². The molecule has 2 rings (SSSR count). The number of hydrogen-bond acceptors (Lipinski definition) is 3. The van der Waals surface area contributed by atoms with Crippen molar-refractivity contribution in [1.29, 1.82) is 0 Å². The van der Waals surface area contributed by atoms with Gasteiger partial charge in [0.15, 0.2) is 0 Å². The number of carbonyl (C=O) groups excluding carboxylic acids is 2. The molecule has 0 aromatic heterocycles. The van der Waals surface area contributed by atoms with E-state index in [1.807, 2.05) is 31.2 Å². The fourth-order valence-electron chi connectivity index (χ4n) is 2.74. The van der Waals surface area contributed by atoms with E-state index < -0.39 is 0 Å². The monoisotopic (exact) mass is 318 g/mol. The Balaban J connectivity index is 1.85. The maximum absolute atomic E-state index is 12.2. The Kier molecular flexibility index (Phi) is 6.44. The number of ether oxygens (including phenoxy) is 1. The molecule has 0 bridgehead atoms. The van der Waals surface area contributed by atoms with Crippen LogP contribution in [0.15, 0.2) is 24.3 Å². The molecule has 1 aliphatic rings. The number of anilines is 1. The molecule has 1 N–H and O–H groups in total. The van der Waals surface area contributed by atoms with E-state index in [1.165, 1.54) is 0 Å². The van der Waals surface area contributed by atoms with Crippen molar-refractivity contribution in [2.75, 3.05) is 24.6 Å². The highest BCUT2D eigenvalue weighted by molar-refractivity contribution is 5.95. The molecule has 1 aliphatic heterocycles. The number of unbranched alkanes of at least 4 members (excludes halogenated alkanes) is 1. The van der Waals surface area contributed by atoms with Gasteiger partial charge in [-0.15, -0.1) is 0 Å². The van der Waals surface area contributed by atoms with Crippen LogP contribution < -0.4 is 15.0 Å². The second-order valence-electron chi connectivity index (χ2n) is 5.91. The van der Waals surface area contributed by atoms with Crippen LogP contribution in [0.2, 0.25) is 0 Å². The van der Waals surface area contributed by atoms with Crippen LogP contribution in [0.5, 0.6) is 5.75 Å². The van der Waals surface area contributed by atoms with Gasteiger partial charge in [-0.1, -0.05) is 13.3 Å². The van der Waals surface area contributed by atoms with Crippen molar-refractivity contribution in [1.82, 2.24) is 5.32 Å². The number of carbonyl (C=O) groups is 2. The largest absolute Gasteiger partial charge is 0.494 e. The molecule has 5 nitrogen and oxygen atoms in total. The number of rotatable bonds is 8. The predicted octanol–water partition coefficient (Wildman–Crippen LogP) is 2.74. The Morgan fingerprint density at radius 1 is 1.30 bits per heavy atom. The smallest absolute Gasteiger partial charge is 0.227 e. The minimum absolute atomic E-state index is 0.0822. The Labute approximate surface area is 138 Å². The molecule has 5 heteroatoms. The van der Waals surface area contributed by atoms with Gasteiger partial charge in [0.1, 0.15) is 5.75 Å². The van der Waals surface area contributed by atoms with Gasteiger partial charge >= 0.3 is 0 Å². The lowest BCUT2D eigenvalue weighted by Gasteiger charge is -2.17. The number of nitrogens with zero attached hydrogens (tertiary/aromatic N) is 1. The summed E-state index contributed by atoms with van der Waals surface area (Å²) in [6, 6.07) is 7.58. The first-order valence-corrected chi connectivity index (χ1v) is 8.44. The van der Waals surface area contributed by atoms with Crippen molar-refractivity contribution in [3.8, 4) is 5.75 Å². The van der Waals surface area contributed by atoms with Crippen LogP contribution in [0.25, 0.3) is 0 Å². The molecule has 23 heavy (non-hydrogen) atoms. The van der Waals surface area contributed by atoms with E-state index in [-0.39, 0.29) is 17.7 Å². The molecule has 126 valence electrons. The average molecular weight is 318 g/mol. The van der Waals surface area contributed by atoms with E-state index in [9.17, 15) is 9.59 Å². The third kappa shape index (κ3) is 4.98. The summed E-state index contributed by atoms with van der Waals surface area (Å²) in [4.78, 5) is 25.7. The zero-order valence-electron chi connectivity index (χ0n) is 14.0. The zero-order valence-corrected chi connectivity index (χ0v) is 14.0. The summed E-state index contributed by atoms with van der Waals surface area (Å²) in [5.41, 5.74) is 0.887. The van der Waals surface area contributed by atoms with Crippen LogP contribution in [-0.2, 0) is 9.59 Å². The van der Waals surface area contributed by atoms with Crippen LogP contribution in [0.3, 0.4) is 0 Å². The Morgan fingerprint density at radius 2 is 2.04 bits per heavy atom. The molecule has 1 saturated heterocycles. The molecular weight excluding hydrogens is 292 g/mol. The number of benzene rings is 1.